The van der Waals surface area contributed by atoms with E-state index >= 15 is 0 Å². The third-order valence-corrected chi connectivity index (χ3v) is 13.6. The van der Waals surface area contributed by atoms with Crippen LogP contribution in [-0.4, -0.2) is 13.0 Å². The molecule has 1 N–H and O–H groups in total. The van der Waals surface area contributed by atoms with Gasteiger partial charge in [0.2, 0.25) is 0 Å². The van der Waals surface area contributed by atoms with E-state index in [1.165, 1.54) is 64.2 Å². The van der Waals surface area contributed by atoms with Gasteiger partial charge in [-0.3, -0.25) is 4.55 Å². The fraction of sp³-hybridized carbons (Fsp3) is 0.800. The van der Waals surface area contributed by atoms with E-state index in [1.807, 2.05) is 0 Å². The summed E-state index contributed by atoms with van der Waals surface area (Å²) < 4.78 is 37.8. The van der Waals surface area contributed by atoms with Crippen molar-refractivity contribution in [2.75, 3.05) is 0 Å². The zero-order valence-corrected chi connectivity index (χ0v) is 21.8. The molecule has 0 aliphatic heterocycles. The lowest BCUT2D eigenvalue weighted by molar-refractivity contribution is -0.0686. The van der Waals surface area contributed by atoms with Crippen LogP contribution in [-0.2, 0) is 20.9 Å². The van der Waals surface area contributed by atoms with Gasteiger partial charge in [-0.1, -0.05) is 32.0 Å². The zero-order valence-electron chi connectivity index (χ0n) is 21.0. The van der Waals surface area contributed by atoms with E-state index in [1.54, 1.807) is 0 Å². The molecule has 0 heterocycles. The maximum Gasteiger partial charge on any atom is 0.295 e. The molecule has 1 aromatic carbocycles. The SMILES string of the molecule is CCC1(c2cccc(C3(CC)C4CC5CC(C4)CC3C5)c2S(=O)(=O)O)C2CC3CC(C2)CC1C3. The van der Waals surface area contributed by atoms with Crippen LogP contribution in [0.15, 0.2) is 23.1 Å². The molecule has 8 saturated carbocycles. The van der Waals surface area contributed by atoms with Gasteiger partial charge in [-0.05, 0) is 136 Å². The second-order valence-corrected chi connectivity index (χ2v) is 14.9. The number of benzene rings is 1. The van der Waals surface area contributed by atoms with Crippen molar-refractivity contribution in [2.24, 2.45) is 47.3 Å². The molecule has 0 amide bonds. The largest absolute Gasteiger partial charge is 0.295 e. The fourth-order valence-corrected chi connectivity index (χ4v) is 13.1. The fourth-order valence-electron chi connectivity index (χ4n) is 12.0. The molecule has 1 aromatic rings. The van der Waals surface area contributed by atoms with E-state index in [-0.39, 0.29) is 10.8 Å². The minimum atomic E-state index is -4.33. The average molecular weight is 483 g/mol. The van der Waals surface area contributed by atoms with Crippen molar-refractivity contribution in [3.05, 3.63) is 29.3 Å². The summed E-state index contributed by atoms with van der Waals surface area (Å²) >= 11 is 0. The quantitative estimate of drug-likeness (QED) is 0.454. The molecule has 0 aromatic heterocycles. The van der Waals surface area contributed by atoms with Crippen molar-refractivity contribution < 1.29 is 13.0 Å². The Morgan fingerprint density at radius 2 is 1.00 bits per heavy atom. The zero-order chi connectivity index (χ0) is 23.5. The highest BCUT2D eigenvalue weighted by Gasteiger charge is 2.61. The van der Waals surface area contributed by atoms with Crippen molar-refractivity contribution in [3.63, 3.8) is 0 Å². The van der Waals surface area contributed by atoms with Crippen LogP contribution in [0.5, 0.6) is 0 Å². The Bertz CT molecular complexity index is 978. The Morgan fingerprint density at radius 1 is 0.676 bits per heavy atom. The van der Waals surface area contributed by atoms with Crippen LogP contribution >= 0.6 is 0 Å². The molecule has 0 saturated heterocycles. The van der Waals surface area contributed by atoms with E-state index in [9.17, 15) is 13.0 Å². The van der Waals surface area contributed by atoms with E-state index in [0.29, 0.717) is 28.6 Å². The van der Waals surface area contributed by atoms with Gasteiger partial charge in [0.1, 0.15) is 4.90 Å². The molecule has 34 heavy (non-hydrogen) atoms. The van der Waals surface area contributed by atoms with Crippen molar-refractivity contribution >= 4 is 10.1 Å². The lowest BCUT2D eigenvalue weighted by Crippen LogP contribution is -2.57. The molecule has 8 aliphatic carbocycles. The van der Waals surface area contributed by atoms with Gasteiger partial charge in [-0.2, -0.15) is 8.42 Å². The van der Waals surface area contributed by atoms with Crippen LogP contribution in [0.1, 0.15) is 102 Å². The van der Waals surface area contributed by atoms with Crippen molar-refractivity contribution in [1.82, 2.24) is 0 Å². The van der Waals surface area contributed by atoms with E-state index < -0.39 is 10.1 Å². The maximum absolute atomic E-state index is 13.4. The molecule has 8 fully saturated rings. The molecule has 0 unspecified atom stereocenters. The summed E-state index contributed by atoms with van der Waals surface area (Å²) in [7, 11) is -4.33. The first-order valence-electron chi connectivity index (χ1n) is 14.4. The number of hydrogen-bond acceptors (Lipinski definition) is 2. The summed E-state index contributed by atoms with van der Waals surface area (Å²) in [5, 5.41) is 0. The maximum atomic E-state index is 13.4. The predicted octanol–water partition coefficient (Wildman–Crippen LogP) is 7.14. The molecule has 3 nitrogen and oxygen atoms in total. The normalized spacial score (nSPS) is 48.6. The first-order chi connectivity index (χ1) is 16.3. The molecular formula is C30H42O3S. The Balaban J connectivity index is 1.45. The Hall–Kier alpha value is -0.870. The monoisotopic (exact) mass is 482 g/mol. The summed E-state index contributed by atoms with van der Waals surface area (Å²) in [4.78, 5) is 0.360. The van der Waals surface area contributed by atoms with Crippen LogP contribution in [0, 0.1) is 47.3 Å². The minimum Gasteiger partial charge on any atom is -0.282 e. The molecule has 9 rings (SSSR count). The Labute approximate surface area is 206 Å². The Morgan fingerprint density at radius 3 is 1.26 bits per heavy atom. The van der Waals surface area contributed by atoms with E-state index in [2.05, 4.69) is 32.0 Å². The summed E-state index contributed by atoms with van der Waals surface area (Å²) in [6, 6.07) is 6.42. The van der Waals surface area contributed by atoms with Gasteiger partial charge in [-0.25, -0.2) is 0 Å². The van der Waals surface area contributed by atoms with Gasteiger partial charge < -0.3 is 0 Å². The summed E-state index contributed by atoms with van der Waals surface area (Å²) in [6.45, 7) is 4.59. The molecular weight excluding hydrogens is 440 g/mol. The highest BCUT2D eigenvalue weighted by atomic mass is 32.2. The van der Waals surface area contributed by atoms with Crippen LogP contribution in [0.25, 0.3) is 0 Å². The van der Waals surface area contributed by atoms with E-state index in [0.717, 1.165) is 47.6 Å². The van der Waals surface area contributed by atoms with Gasteiger partial charge >= 0.3 is 0 Å². The second-order valence-electron chi connectivity index (χ2n) is 13.6. The second kappa shape index (κ2) is 7.34. The smallest absolute Gasteiger partial charge is 0.282 e. The molecule has 8 bridgehead atoms. The Kier molecular flexibility index (Phi) is 4.82. The topological polar surface area (TPSA) is 54.4 Å². The third kappa shape index (κ3) is 2.76. The summed E-state index contributed by atoms with van der Waals surface area (Å²) in [5.41, 5.74) is 1.83. The predicted molar refractivity (Wildman–Crippen MR) is 134 cm³/mol. The van der Waals surface area contributed by atoms with Gasteiger partial charge in [-0.15, -0.1) is 0 Å². The molecule has 0 spiro atoms. The number of hydrogen-bond donors (Lipinski definition) is 1. The third-order valence-electron chi connectivity index (χ3n) is 12.6. The molecule has 186 valence electrons. The molecule has 0 atom stereocenters. The number of rotatable bonds is 5. The van der Waals surface area contributed by atoms with Crippen molar-refractivity contribution in [2.45, 2.75) is 107 Å². The standard InChI is InChI=1S/C30H42O3S/c1-3-29(22-10-18-8-19(12-22)13-23(29)11-18)26-6-5-7-27(28(26)34(31,32)33)30(4-2)24-14-20-9-21(16-24)17-25(30)15-20/h5-7,18-25H,3-4,8-17H2,1-2H3,(H,31,32,33). The van der Waals surface area contributed by atoms with Crippen LogP contribution in [0.3, 0.4) is 0 Å². The van der Waals surface area contributed by atoms with Gasteiger partial charge in [0.25, 0.3) is 10.1 Å². The summed E-state index contributed by atoms with van der Waals surface area (Å²) in [6.07, 6.45) is 14.8. The average Bonchev–Trinajstić information content (AvgIpc) is 2.78. The molecule has 0 radical (unpaired) electrons. The highest BCUT2D eigenvalue weighted by molar-refractivity contribution is 7.86. The highest BCUT2D eigenvalue weighted by Crippen LogP contribution is 2.67. The van der Waals surface area contributed by atoms with Crippen molar-refractivity contribution in [1.29, 1.82) is 0 Å². The molecule has 8 aliphatic rings. The lowest BCUT2D eigenvalue weighted by Gasteiger charge is -2.63. The van der Waals surface area contributed by atoms with Crippen LogP contribution < -0.4 is 0 Å². The minimum absolute atomic E-state index is 0.0879. The summed E-state index contributed by atoms with van der Waals surface area (Å²) in [5.74, 6) is 5.64. The first-order valence-corrected chi connectivity index (χ1v) is 15.8. The van der Waals surface area contributed by atoms with E-state index in [4.69, 9.17) is 0 Å². The lowest BCUT2D eigenvalue weighted by atomic mass is 9.41. The van der Waals surface area contributed by atoms with Crippen LogP contribution in [0.2, 0.25) is 0 Å². The van der Waals surface area contributed by atoms with Gasteiger partial charge in [0.15, 0.2) is 0 Å². The van der Waals surface area contributed by atoms with Gasteiger partial charge in [0.05, 0.1) is 0 Å². The molecule has 4 heteroatoms. The van der Waals surface area contributed by atoms with Crippen LogP contribution in [0.4, 0.5) is 0 Å². The van der Waals surface area contributed by atoms with Crippen molar-refractivity contribution in [3.8, 4) is 0 Å². The van der Waals surface area contributed by atoms with Gasteiger partial charge in [0, 0.05) is 10.8 Å². The first kappa shape index (κ1) is 22.3.